The van der Waals surface area contributed by atoms with Gasteiger partial charge in [0.2, 0.25) is 29.3 Å². The topological polar surface area (TPSA) is 484 Å². The second-order valence-electron chi connectivity index (χ2n) is 19.4. The van der Waals surface area contributed by atoms with E-state index in [1.165, 1.54) is 0 Å². The number of aliphatic hydroxyl groups is 12. The van der Waals surface area contributed by atoms with E-state index in [1.54, 1.807) is 0 Å². The first-order chi connectivity index (χ1) is 33.5. The summed E-state index contributed by atoms with van der Waals surface area (Å²) < 4.78 is 46.5. The van der Waals surface area contributed by atoms with Gasteiger partial charge in [0, 0.05) is 48.3 Å². The van der Waals surface area contributed by atoms with E-state index in [-0.39, 0.29) is 65.7 Å². The van der Waals surface area contributed by atoms with Crippen molar-refractivity contribution in [3.05, 3.63) is 0 Å². The van der Waals surface area contributed by atoms with Gasteiger partial charge in [0.15, 0.2) is 12.6 Å². The molecule has 0 aliphatic carbocycles. The van der Waals surface area contributed by atoms with Crippen LogP contribution in [0.2, 0.25) is 25.7 Å². The van der Waals surface area contributed by atoms with Crippen molar-refractivity contribution >= 4 is 37.7 Å². The maximum Gasteiger partial charge on any atom is 1.00 e. The Morgan fingerprint density at radius 3 is 1.51 bits per heavy atom. The monoisotopic (exact) mass is 1110 g/mol. The van der Waals surface area contributed by atoms with Crippen LogP contribution in [0, 0.1) is 0 Å². The number of carboxylic acid groups (broad SMARTS) is 2. The van der Waals surface area contributed by atoms with Gasteiger partial charge in [0.05, 0.1) is 50.7 Å². The third-order valence-electron chi connectivity index (χ3n) is 12.4. The fourth-order valence-corrected chi connectivity index (χ4v) is 9.36. The van der Waals surface area contributed by atoms with Crippen LogP contribution >= 0.6 is 0 Å². The molecule has 0 aromatic heterocycles. The molecular weight excluding hydrogens is 1040 g/mol. The van der Waals surface area contributed by atoms with Crippen molar-refractivity contribution in [3.8, 4) is 0 Å². The summed E-state index contributed by atoms with van der Waals surface area (Å²) in [5, 5.41) is 162. The van der Waals surface area contributed by atoms with Crippen LogP contribution in [0.3, 0.4) is 0 Å². The predicted molar refractivity (Wildman–Crippen MR) is 230 cm³/mol. The van der Waals surface area contributed by atoms with Crippen molar-refractivity contribution in [1.29, 1.82) is 0 Å². The van der Waals surface area contributed by atoms with E-state index in [0.29, 0.717) is 6.04 Å². The maximum absolute atomic E-state index is 13.0. The Labute approximate surface area is 469 Å². The minimum absolute atomic E-state index is 0. The van der Waals surface area contributed by atoms with Crippen LogP contribution in [0.5, 0.6) is 0 Å². The van der Waals surface area contributed by atoms with Crippen molar-refractivity contribution in [2.45, 2.75) is 193 Å². The first kappa shape index (κ1) is 68.9. The van der Waals surface area contributed by atoms with Crippen molar-refractivity contribution in [2.75, 3.05) is 33.0 Å². The Bertz CT molecular complexity index is 1850. The predicted octanol–water partition coefficient (Wildman–Crippen LogP) is -17.2. The van der Waals surface area contributed by atoms with Crippen LogP contribution in [0.15, 0.2) is 0 Å². The molecule has 3 amide bonds. The van der Waals surface area contributed by atoms with E-state index < -0.39 is 211 Å². The van der Waals surface area contributed by atoms with Gasteiger partial charge in [-0.2, -0.15) is 0 Å². The quantitative estimate of drug-likeness (QED) is 0.0423. The molecule has 0 aromatic rings. The smallest absolute Gasteiger partial charge is 0.544 e. The molecule has 0 bridgehead atoms. The zero-order chi connectivity index (χ0) is 54.4. The van der Waals surface area contributed by atoms with Gasteiger partial charge in [-0.15, -0.1) is 0 Å². The summed E-state index contributed by atoms with van der Waals surface area (Å²) in [6, 6.07) is -4.43. The average molecular weight is 1110 g/mol. The van der Waals surface area contributed by atoms with E-state index in [9.17, 15) is 95.5 Å². The molecule has 4 heterocycles. The molecule has 0 spiro atoms. The van der Waals surface area contributed by atoms with Crippen LogP contribution in [0.25, 0.3) is 0 Å². The number of aliphatic carboxylic acids is 2. The third-order valence-corrected chi connectivity index (χ3v) is 14.1. The molecular formula is C41H69N3Na2O27Si. The first-order valence-corrected chi connectivity index (χ1v) is 26.6. The molecule has 4 aliphatic heterocycles. The summed E-state index contributed by atoms with van der Waals surface area (Å²) in [5.74, 6) is -13.3. The van der Waals surface area contributed by atoms with Gasteiger partial charge in [-0.3, -0.25) is 14.4 Å². The SMILES string of the molecule is CC(=O)N[C@H]1[C@H](OCC[Si](C)(C)C)O[C@H](CO[C@]2(C(=O)[O-])C[C@H](O)[C@@H](NC(C)=O)[C@H]([C@H](O)[C@H](O)CO)O2)[C@H](O)[C@@H]1O[C@@H]1O[C@H](CO)[C@H](O)[C@H](O[C@]2(C(=O)[O-])C[C@H](O)[C@@H](NC(C)=O)[C@H]([C@H](O)[C@H](O)CO)O2)[C@H]1O.[Na+].[Na+]. The summed E-state index contributed by atoms with van der Waals surface area (Å²) in [4.78, 5) is 62.7. The molecule has 4 aliphatic rings. The number of hydrogen-bond donors (Lipinski definition) is 15. The van der Waals surface area contributed by atoms with Crippen molar-refractivity contribution < 1.29 is 192 Å². The van der Waals surface area contributed by atoms with E-state index >= 15 is 0 Å². The summed E-state index contributed by atoms with van der Waals surface area (Å²) >= 11 is 0. The van der Waals surface area contributed by atoms with Gasteiger partial charge < -0.3 is 135 Å². The minimum atomic E-state index is -3.30. The average Bonchev–Trinajstić information content (AvgIpc) is 3.29. The van der Waals surface area contributed by atoms with E-state index in [4.69, 9.17) is 37.9 Å². The largest absolute Gasteiger partial charge is 1.00 e. The molecule has 15 N–H and O–H groups in total. The number of nitrogens with one attached hydrogen (secondary N) is 3. The number of aliphatic hydroxyl groups excluding tert-OH is 12. The van der Waals surface area contributed by atoms with Crippen molar-refractivity contribution in [1.82, 2.24) is 16.0 Å². The zero-order valence-corrected chi connectivity index (χ0v) is 47.2. The van der Waals surface area contributed by atoms with Gasteiger partial charge in [0.1, 0.15) is 97.3 Å². The van der Waals surface area contributed by atoms with E-state index in [0.717, 1.165) is 20.8 Å². The van der Waals surface area contributed by atoms with Gasteiger partial charge in [-0.1, -0.05) is 19.6 Å². The molecule has 416 valence electrons. The normalized spacial score (nSPS) is 38.1. The fourth-order valence-electron chi connectivity index (χ4n) is 8.63. The number of carboxylic acids is 2. The summed E-state index contributed by atoms with van der Waals surface area (Å²) in [6.07, 6.45) is -37.5. The second-order valence-corrected chi connectivity index (χ2v) is 25.0. The molecule has 0 radical (unpaired) electrons. The Hall–Kier alpha value is -1.23. The number of ether oxygens (including phenoxy) is 8. The van der Waals surface area contributed by atoms with Gasteiger partial charge >= 0.3 is 59.1 Å². The summed E-state index contributed by atoms with van der Waals surface area (Å²) in [7, 11) is -1.90. The molecule has 22 atom stereocenters. The molecule has 0 saturated carbocycles. The Morgan fingerprint density at radius 2 is 1.08 bits per heavy atom. The van der Waals surface area contributed by atoms with Gasteiger partial charge in [0.25, 0.3) is 0 Å². The Kier molecular flexibility index (Phi) is 27.3. The molecule has 33 heteroatoms. The number of hydrogen-bond acceptors (Lipinski definition) is 27. The molecule has 74 heavy (non-hydrogen) atoms. The Balaban J connectivity index is 0.00000937. The van der Waals surface area contributed by atoms with Crippen molar-refractivity contribution in [3.63, 3.8) is 0 Å². The molecule has 0 aromatic carbocycles. The first-order valence-electron chi connectivity index (χ1n) is 22.9. The molecule has 4 saturated heterocycles. The van der Waals surface area contributed by atoms with Crippen LogP contribution < -0.4 is 85.3 Å². The number of carbonyl (C=O) groups excluding carboxylic acids is 5. The number of rotatable bonds is 23. The van der Waals surface area contributed by atoms with Crippen LogP contribution in [0.4, 0.5) is 0 Å². The fraction of sp³-hybridized carbons (Fsp3) is 0.878. The van der Waals surface area contributed by atoms with E-state index in [1.807, 2.05) is 19.6 Å². The standard InChI is InChI=1S/C41H71N3O27Si.2Na/c1-15(48)42-24-18(51)9-40(38(60)61,69-33(24)27(55)20(53)11-45)65-14-23-30(58)32(26(44-17(3)50)36(67-23)64-7-8-72(4,5)6)68-37-31(59)35(29(57)22(13-47)66-37)71-41(39(62)63)10-19(52)25(43-16(2)49)34(70-41)28(56)21(54)12-46;;/h18-37,45-47,51-59H,7-14H2,1-6H3,(H,42,48)(H,43,49)(H,44,50)(H,60,61)(H,62,63);;/q;2*+1/p-2/t18-,19-,20+,21+,22+,23+,24+,25+,26+,27+,28+,29-,30-,31+,32+,33+,34+,35-,36+,37-,40+,41-;;/m0../s1. The summed E-state index contributed by atoms with van der Waals surface area (Å²) in [6.45, 7) is 4.53. The van der Waals surface area contributed by atoms with Gasteiger partial charge in [-0.05, 0) is 6.04 Å². The molecule has 4 fully saturated rings. The van der Waals surface area contributed by atoms with Crippen molar-refractivity contribution in [2.24, 2.45) is 0 Å². The Morgan fingerprint density at radius 1 is 0.649 bits per heavy atom. The number of carbonyl (C=O) groups is 5. The van der Waals surface area contributed by atoms with Crippen LogP contribution in [0.1, 0.15) is 33.6 Å². The van der Waals surface area contributed by atoms with Crippen LogP contribution in [-0.4, -0.2) is 266 Å². The zero-order valence-electron chi connectivity index (χ0n) is 42.2. The molecule has 30 nitrogen and oxygen atoms in total. The second kappa shape index (κ2) is 29.3. The summed E-state index contributed by atoms with van der Waals surface area (Å²) in [5.41, 5.74) is 0. The third kappa shape index (κ3) is 16.9. The molecule has 0 unspecified atom stereocenters. The van der Waals surface area contributed by atoms with E-state index in [2.05, 4.69) is 16.0 Å². The molecule has 4 rings (SSSR count). The minimum Gasteiger partial charge on any atom is -0.544 e. The maximum atomic E-state index is 13.0. The number of amides is 3. The van der Waals surface area contributed by atoms with Gasteiger partial charge in [-0.25, -0.2) is 0 Å². The van der Waals surface area contributed by atoms with Crippen LogP contribution in [-0.2, 0) is 61.9 Å².